The molecule has 0 bridgehead atoms. The van der Waals surface area contributed by atoms with Crippen molar-refractivity contribution in [1.29, 1.82) is 0 Å². The molecule has 3 amide bonds. The number of piperazine rings is 1. The fraction of sp³-hybridized carbons (Fsp3) is 0.544. The number of hydrogen-bond acceptors (Lipinski definition) is 14. The fourth-order valence-corrected chi connectivity index (χ4v) is 13.3. The van der Waals surface area contributed by atoms with Crippen molar-refractivity contribution in [2.45, 2.75) is 115 Å². The zero-order chi connectivity index (χ0) is 51.8. The van der Waals surface area contributed by atoms with Gasteiger partial charge in [0.25, 0.3) is 5.91 Å². The molecule has 3 N–H and O–H groups in total. The van der Waals surface area contributed by atoms with E-state index in [2.05, 4.69) is 36.0 Å². The molecule has 12 rings (SSSR count). The van der Waals surface area contributed by atoms with Crippen LogP contribution in [0.15, 0.2) is 48.7 Å². The quantitative estimate of drug-likeness (QED) is 0.117. The summed E-state index contributed by atoms with van der Waals surface area (Å²) in [6.07, 6.45) is 10.5. The lowest BCUT2D eigenvalue weighted by Gasteiger charge is -2.46. The summed E-state index contributed by atoms with van der Waals surface area (Å²) in [5.41, 5.74) is 2.34. The number of pyridine rings is 1. The van der Waals surface area contributed by atoms with Crippen LogP contribution in [-0.2, 0) is 22.6 Å². The second-order valence-corrected chi connectivity index (χ2v) is 22.8. The number of fused-ring (bicyclic) bond motifs is 3. The van der Waals surface area contributed by atoms with Crippen LogP contribution < -0.4 is 19.9 Å². The third-order valence-corrected chi connectivity index (χ3v) is 17.7. The number of phenolic OH excluding ortho intramolecular Hbond substituents is 1. The van der Waals surface area contributed by atoms with Crippen molar-refractivity contribution in [3.63, 3.8) is 0 Å². The van der Waals surface area contributed by atoms with Gasteiger partial charge in [-0.2, -0.15) is 9.97 Å². The predicted octanol–water partition coefficient (Wildman–Crippen LogP) is 6.41. The number of carbonyl (C=O) groups excluding carboxylic acids is 3. The molecule has 396 valence electrons. The van der Waals surface area contributed by atoms with Crippen molar-refractivity contribution < 1.29 is 38.1 Å². The highest BCUT2D eigenvalue weighted by Crippen LogP contribution is 2.47. The van der Waals surface area contributed by atoms with Crippen LogP contribution in [0.5, 0.6) is 11.8 Å². The average molecular weight is 1030 g/mol. The zero-order valence-electron chi connectivity index (χ0n) is 43.1. The van der Waals surface area contributed by atoms with Crippen molar-refractivity contribution >= 4 is 50.9 Å². The number of rotatable bonds is 12. The highest BCUT2D eigenvalue weighted by Gasteiger charge is 2.46. The van der Waals surface area contributed by atoms with E-state index in [1.807, 2.05) is 24.0 Å². The summed E-state index contributed by atoms with van der Waals surface area (Å²) in [6.45, 7) is 14.4. The number of aliphatic hydroxyl groups is 1. The molecule has 0 spiro atoms. The molecule has 6 fully saturated rings. The Kier molecular flexibility index (Phi) is 13.1. The number of hydrogen-bond donors (Lipinski definition) is 3. The first kappa shape index (κ1) is 49.8. The molecule has 1 aliphatic carbocycles. The molecule has 5 aromatic rings. The van der Waals surface area contributed by atoms with Gasteiger partial charge in [0.1, 0.15) is 34.6 Å². The molecule has 0 radical (unpaired) electrons. The van der Waals surface area contributed by atoms with E-state index in [1.165, 1.54) is 25.0 Å². The second kappa shape index (κ2) is 19.8. The van der Waals surface area contributed by atoms with Crippen molar-refractivity contribution in [2.24, 2.45) is 5.41 Å². The van der Waals surface area contributed by atoms with Crippen molar-refractivity contribution in [3.8, 4) is 23.0 Å². The largest absolute Gasteiger partial charge is 0.508 e. The first-order valence-electron chi connectivity index (χ1n) is 27.4. The molecular formula is C57H68F2N10O6. The Labute approximate surface area is 436 Å². The monoisotopic (exact) mass is 1030 g/mol. The number of halogens is 2. The van der Waals surface area contributed by atoms with Gasteiger partial charge in [0.05, 0.1) is 17.6 Å². The number of anilines is 2. The van der Waals surface area contributed by atoms with Crippen LogP contribution in [0.2, 0.25) is 0 Å². The minimum Gasteiger partial charge on any atom is -0.508 e. The first-order chi connectivity index (χ1) is 36.2. The number of piperidine rings is 4. The summed E-state index contributed by atoms with van der Waals surface area (Å²) in [5, 5.41) is 25.7. The van der Waals surface area contributed by atoms with Gasteiger partial charge >= 0.3 is 6.01 Å². The minimum absolute atomic E-state index is 0.0183. The SMILES string of the molecule is CCc1c(F)ccc2cc(O)cc(-c3ncc4c(N5CCC[C@@](C)(O)C5)nc(OCC5(CN6CCC(N7CCC(N8CCN(c9ccc%10c(c9)CN([C@H]9CCC(=O)NC9=O)C%10=O)CC8)CC7)CC6)CC5)nc4c3F)c12. The summed E-state index contributed by atoms with van der Waals surface area (Å²) in [4.78, 5) is 65.7. The lowest BCUT2D eigenvalue weighted by atomic mass is 9.94. The van der Waals surface area contributed by atoms with Crippen LogP contribution in [0.1, 0.15) is 99.5 Å². The Morgan fingerprint density at radius 2 is 1.57 bits per heavy atom. The standard InChI is InChI=1S/C57H68F2N10O6/c1-3-41-45(58)8-5-35-28-40(70)29-43(48(35)41)50-49(59)51-44(30-60-50)52(68-18-4-15-56(2,74)32-68)63-55(62-51)75-34-57(16-17-57)33-64-19-11-37(12-20-64)65-21-13-38(14-22-65)66-23-25-67(26-24-66)39-6-7-42-36(27-39)31-69(54(42)73)46-9-10-47(71)61-53(46)72/h5-8,27-30,37-38,46,70,74H,3-4,9-26,31-34H2,1-2H3,(H,61,71,72)/t46-,56+/m0/s1. The molecule has 0 unspecified atom stereocenters. The summed E-state index contributed by atoms with van der Waals surface area (Å²) < 4.78 is 38.9. The highest BCUT2D eigenvalue weighted by atomic mass is 19.1. The smallest absolute Gasteiger partial charge is 0.319 e. The lowest BCUT2D eigenvalue weighted by Crippen LogP contribution is -2.55. The van der Waals surface area contributed by atoms with Crippen LogP contribution in [0.25, 0.3) is 32.9 Å². The molecule has 6 aliphatic heterocycles. The molecule has 5 saturated heterocycles. The van der Waals surface area contributed by atoms with Gasteiger partial charge in [-0.3, -0.25) is 29.6 Å². The maximum atomic E-state index is 17.2. The van der Waals surface area contributed by atoms with E-state index in [0.29, 0.717) is 90.7 Å². The molecule has 3 aromatic carbocycles. The number of benzene rings is 3. The van der Waals surface area contributed by atoms with E-state index < -0.39 is 23.3 Å². The van der Waals surface area contributed by atoms with E-state index in [-0.39, 0.29) is 58.1 Å². The Morgan fingerprint density at radius 3 is 2.29 bits per heavy atom. The van der Waals surface area contributed by atoms with Gasteiger partial charge in [0.15, 0.2) is 5.82 Å². The first-order valence-corrected chi connectivity index (χ1v) is 27.4. The van der Waals surface area contributed by atoms with E-state index in [1.54, 1.807) is 30.2 Å². The second-order valence-electron chi connectivity index (χ2n) is 22.8. The molecular weight excluding hydrogens is 959 g/mol. The number of carbonyl (C=O) groups is 3. The van der Waals surface area contributed by atoms with E-state index in [0.717, 1.165) is 102 Å². The van der Waals surface area contributed by atoms with Gasteiger partial charge in [-0.15, -0.1) is 0 Å². The van der Waals surface area contributed by atoms with Crippen molar-refractivity contribution in [2.75, 3.05) is 88.4 Å². The maximum Gasteiger partial charge on any atom is 0.319 e. The molecule has 16 nitrogen and oxygen atoms in total. The summed E-state index contributed by atoms with van der Waals surface area (Å²) >= 11 is 0. The van der Waals surface area contributed by atoms with E-state index in [9.17, 15) is 24.6 Å². The van der Waals surface area contributed by atoms with Crippen LogP contribution in [0, 0.1) is 17.0 Å². The Balaban J connectivity index is 0.652. The molecule has 2 aromatic heterocycles. The normalized spacial score (nSPS) is 24.4. The van der Waals surface area contributed by atoms with Gasteiger partial charge in [-0.25, -0.2) is 8.78 Å². The van der Waals surface area contributed by atoms with Crippen LogP contribution >= 0.6 is 0 Å². The molecule has 1 saturated carbocycles. The number of amides is 3. The van der Waals surface area contributed by atoms with Crippen molar-refractivity contribution in [1.82, 2.24) is 39.9 Å². The Bertz CT molecular complexity index is 3060. The molecule has 7 aliphatic rings. The van der Waals surface area contributed by atoms with E-state index >= 15 is 8.78 Å². The van der Waals surface area contributed by atoms with Gasteiger partial charge < -0.3 is 39.4 Å². The van der Waals surface area contributed by atoms with Gasteiger partial charge in [0.2, 0.25) is 11.8 Å². The number of likely N-dealkylation sites (tertiary alicyclic amines) is 2. The van der Waals surface area contributed by atoms with E-state index in [4.69, 9.17) is 14.7 Å². The average Bonchev–Trinajstić information content (AvgIpc) is 4.10. The number of nitrogens with zero attached hydrogens (tertiary/aromatic N) is 9. The summed E-state index contributed by atoms with van der Waals surface area (Å²) in [6, 6.07) is 12.6. The highest BCUT2D eigenvalue weighted by molar-refractivity contribution is 6.06. The third kappa shape index (κ3) is 9.76. The van der Waals surface area contributed by atoms with Crippen LogP contribution in [0.3, 0.4) is 0 Å². The number of phenols is 1. The topological polar surface area (TPSA) is 171 Å². The number of β-amino-alcohol motifs (C(OH)–C–C–N with tert-alkyl or cyclic N) is 1. The number of aromatic hydroxyl groups is 1. The number of aromatic nitrogens is 3. The van der Waals surface area contributed by atoms with Gasteiger partial charge in [-0.05, 0) is 156 Å². The Hall–Kier alpha value is -6.08. The summed E-state index contributed by atoms with van der Waals surface area (Å²) in [7, 11) is 0. The van der Waals surface area contributed by atoms with Gasteiger partial charge in [0, 0.05) is 99.3 Å². The minimum atomic E-state index is -0.963. The third-order valence-electron chi connectivity index (χ3n) is 17.7. The predicted molar refractivity (Wildman–Crippen MR) is 281 cm³/mol. The number of aryl methyl sites for hydroxylation is 1. The Morgan fingerprint density at radius 1 is 0.827 bits per heavy atom. The van der Waals surface area contributed by atoms with Crippen LogP contribution in [0.4, 0.5) is 20.3 Å². The number of ether oxygens (including phenoxy) is 1. The number of imide groups is 1. The van der Waals surface area contributed by atoms with Crippen LogP contribution in [-0.4, -0.2) is 165 Å². The molecule has 18 heteroatoms. The number of nitrogens with one attached hydrogen (secondary N) is 1. The zero-order valence-corrected chi connectivity index (χ0v) is 43.1. The maximum absolute atomic E-state index is 17.2. The lowest BCUT2D eigenvalue weighted by molar-refractivity contribution is -0.136. The molecule has 8 heterocycles. The fourth-order valence-electron chi connectivity index (χ4n) is 13.3. The van der Waals surface area contributed by atoms with Crippen molar-refractivity contribution in [3.05, 3.63) is 77.0 Å². The molecule has 75 heavy (non-hydrogen) atoms. The molecule has 2 atom stereocenters. The summed E-state index contributed by atoms with van der Waals surface area (Å²) in [5.74, 6) is -1.57. The van der Waals surface area contributed by atoms with Gasteiger partial charge in [-0.1, -0.05) is 13.0 Å².